The molecule has 0 aromatic rings. The maximum atomic E-state index is 10.4. The molecule has 0 bridgehead atoms. The fourth-order valence-corrected chi connectivity index (χ4v) is 2.45. The van der Waals surface area contributed by atoms with Gasteiger partial charge in [-0.25, -0.2) is 0 Å². The maximum Gasteiger partial charge on any atom is 0.243 e. The molecule has 2 atom stereocenters. The Kier molecular flexibility index (Phi) is 6.42. The first kappa shape index (κ1) is 13.5. The number of hydrogen-bond donors (Lipinski definition) is 2. The largest absolute Gasteiger partial charge is 0.370 e. The minimum Gasteiger partial charge on any atom is -0.370 e. The average Bonchev–Trinajstić information content (AvgIpc) is 2.29. The van der Waals surface area contributed by atoms with Crippen molar-refractivity contribution in [3.8, 4) is 0 Å². The van der Waals surface area contributed by atoms with E-state index in [1.165, 1.54) is 32.1 Å². The molecule has 0 heterocycles. The molecule has 1 amide bonds. The minimum absolute atomic E-state index is 0.0313. The van der Waals surface area contributed by atoms with Gasteiger partial charge in [-0.3, -0.25) is 4.79 Å². The second kappa shape index (κ2) is 7.63. The van der Waals surface area contributed by atoms with Crippen LogP contribution in [-0.2, 0) is 9.53 Å². The van der Waals surface area contributed by atoms with Crippen molar-refractivity contribution < 1.29 is 9.53 Å². The number of carbonyl (C=O) groups is 1. The normalized spacial score (nSPS) is 25.6. The smallest absolute Gasteiger partial charge is 0.243 e. The van der Waals surface area contributed by atoms with Gasteiger partial charge in [0.25, 0.3) is 0 Å². The quantitative estimate of drug-likeness (QED) is 0.640. The Balaban J connectivity index is 2.08. The molecule has 0 spiro atoms. The second-order valence-corrected chi connectivity index (χ2v) is 4.53. The highest BCUT2D eigenvalue weighted by atomic mass is 16.5. The van der Waals surface area contributed by atoms with Gasteiger partial charge < -0.3 is 15.8 Å². The van der Waals surface area contributed by atoms with E-state index < -0.39 is 5.91 Å². The molecule has 4 heteroatoms. The zero-order chi connectivity index (χ0) is 11.8. The third-order valence-electron chi connectivity index (χ3n) is 3.33. The summed E-state index contributed by atoms with van der Waals surface area (Å²) in [5.74, 6) is 0.411. The van der Waals surface area contributed by atoms with Crippen LogP contribution < -0.4 is 11.1 Å². The summed E-state index contributed by atoms with van der Waals surface area (Å²) in [6.45, 7) is 3.67. The predicted octanol–water partition coefficient (Wildman–Crippen LogP) is 1.05. The summed E-state index contributed by atoms with van der Waals surface area (Å²) < 4.78 is 5.12. The van der Waals surface area contributed by atoms with Crippen molar-refractivity contribution in [2.75, 3.05) is 19.8 Å². The summed E-state index contributed by atoms with van der Waals surface area (Å²) in [6.07, 6.45) is 6.57. The molecule has 1 saturated carbocycles. The fraction of sp³-hybridized carbons (Fsp3) is 0.917. The average molecular weight is 228 g/mol. The van der Waals surface area contributed by atoms with Gasteiger partial charge in [0.2, 0.25) is 5.91 Å². The highest BCUT2D eigenvalue weighted by molar-refractivity contribution is 5.74. The molecule has 1 fully saturated rings. The van der Waals surface area contributed by atoms with Crippen LogP contribution in [0.15, 0.2) is 0 Å². The van der Waals surface area contributed by atoms with Crippen LogP contribution in [0.25, 0.3) is 0 Å². The lowest BCUT2D eigenvalue weighted by molar-refractivity contribution is -0.122. The van der Waals surface area contributed by atoms with Crippen LogP contribution in [0.5, 0.6) is 0 Å². The molecule has 94 valence electrons. The van der Waals surface area contributed by atoms with Gasteiger partial charge in [0.15, 0.2) is 0 Å². The van der Waals surface area contributed by atoms with Crippen LogP contribution in [0, 0.1) is 5.92 Å². The SMILES string of the molecule is CCC1CCCCC1NCCOCC(N)=O. The van der Waals surface area contributed by atoms with E-state index in [0.717, 1.165) is 12.5 Å². The lowest BCUT2D eigenvalue weighted by Gasteiger charge is -2.31. The van der Waals surface area contributed by atoms with Crippen LogP contribution in [-0.4, -0.2) is 31.7 Å². The molecule has 0 saturated heterocycles. The van der Waals surface area contributed by atoms with Gasteiger partial charge in [0.05, 0.1) is 6.61 Å². The van der Waals surface area contributed by atoms with Crippen molar-refractivity contribution in [1.29, 1.82) is 0 Å². The Morgan fingerprint density at radius 2 is 2.19 bits per heavy atom. The van der Waals surface area contributed by atoms with Crippen molar-refractivity contribution in [3.63, 3.8) is 0 Å². The van der Waals surface area contributed by atoms with E-state index in [2.05, 4.69) is 12.2 Å². The zero-order valence-electron chi connectivity index (χ0n) is 10.2. The van der Waals surface area contributed by atoms with Crippen molar-refractivity contribution in [2.45, 2.75) is 45.1 Å². The number of amides is 1. The number of hydrogen-bond acceptors (Lipinski definition) is 3. The van der Waals surface area contributed by atoms with Crippen LogP contribution in [0.3, 0.4) is 0 Å². The Morgan fingerprint density at radius 3 is 2.88 bits per heavy atom. The molecule has 0 aromatic carbocycles. The van der Waals surface area contributed by atoms with Gasteiger partial charge in [-0.2, -0.15) is 0 Å². The molecule has 4 nitrogen and oxygen atoms in total. The van der Waals surface area contributed by atoms with Crippen LogP contribution >= 0.6 is 0 Å². The Labute approximate surface area is 97.9 Å². The number of nitrogens with two attached hydrogens (primary N) is 1. The third-order valence-corrected chi connectivity index (χ3v) is 3.33. The summed E-state index contributed by atoms with van der Waals surface area (Å²) in [6, 6.07) is 0.635. The van der Waals surface area contributed by atoms with E-state index in [4.69, 9.17) is 10.5 Å². The van der Waals surface area contributed by atoms with Gasteiger partial charge in [0, 0.05) is 12.6 Å². The highest BCUT2D eigenvalue weighted by Crippen LogP contribution is 2.26. The summed E-state index contributed by atoms with van der Waals surface area (Å²) in [4.78, 5) is 10.4. The number of rotatable bonds is 7. The molecule has 16 heavy (non-hydrogen) atoms. The maximum absolute atomic E-state index is 10.4. The molecule has 0 aromatic heterocycles. The second-order valence-electron chi connectivity index (χ2n) is 4.53. The lowest BCUT2D eigenvalue weighted by atomic mass is 9.83. The highest BCUT2D eigenvalue weighted by Gasteiger charge is 2.22. The predicted molar refractivity (Wildman–Crippen MR) is 64.1 cm³/mol. The molecule has 1 aliphatic carbocycles. The lowest BCUT2D eigenvalue weighted by Crippen LogP contribution is -2.40. The molecule has 1 rings (SSSR count). The Hall–Kier alpha value is -0.610. The summed E-state index contributed by atoms with van der Waals surface area (Å²) in [7, 11) is 0. The van der Waals surface area contributed by atoms with E-state index in [-0.39, 0.29) is 6.61 Å². The van der Waals surface area contributed by atoms with E-state index >= 15 is 0 Å². The first-order valence-electron chi connectivity index (χ1n) is 6.33. The molecule has 0 aliphatic heterocycles. The Bertz CT molecular complexity index is 209. The van der Waals surface area contributed by atoms with Crippen molar-refractivity contribution in [2.24, 2.45) is 11.7 Å². The minimum atomic E-state index is -0.399. The summed E-state index contributed by atoms with van der Waals surface area (Å²) >= 11 is 0. The summed E-state index contributed by atoms with van der Waals surface area (Å²) in [5.41, 5.74) is 4.98. The number of carbonyl (C=O) groups excluding carboxylic acids is 1. The van der Waals surface area contributed by atoms with E-state index in [9.17, 15) is 4.79 Å². The number of nitrogens with one attached hydrogen (secondary N) is 1. The summed E-state index contributed by atoms with van der Waals surface area (Å²) in [5, 5.41) is 3.52. The third kappa shape index (κ3) is 4.94. The van der Waals surface area contributed by atoms with Gasteiger partial charge >= 0.3 is 0 Å². The Morgan fingerprint density at radius 1 is 1.44 bits per heavy atom. The van der Waals surface area contributed by atoms with Gasteiger partial charge in [-0.15, -0.1) is 0 Å². The number of ether oxygens (including phenoxy) is 1. The van der Waals surface area contributed by atoms with Crippen molar-refractivity contribution >= 4 is 5.91 Å². The van der Waals surface area contributed by atoms with Crippen LogP contribution in [0.1, 0.15) is 39.0 Å². The zero-order valence-corrected chi connectivity index (χ0v) is 10.2. The fourth-order valence-electron chi connectivity index (χ4n) is 2.45. The first-order chi connectivity index (χ1) is 7.74. The molecular formula is C12H24N2O2. The molecule has 1 aliphatic rings. The van der Waals surface area contributed by atoms with E-state index in [0.29, 0.717) is 12.6 Å². The van der Waals surface area contributed by atoms with Crippen LogP contribution in [0.4, 0.5) is 0 Å². The molecule has 2 unspecified atom stereocenters. The van der Waals surface area contributed by atoms with Gasteiger partial charge in [-0.05, 0) is 18.8 Å². The van der Waals surface area contributed by atoms with Gasteiger partial charge in [-0.1, -0.05) is 26.2 Å². The number of primary amides is 1. The molecule has 0 radical (unpaired) electrons. The van der Waals surface area contributed by atoms with Gasteiger partial charge in [0.1, 0.15) is 6.61 Å². The van der Waals surface area contributed by atoms with E-state index in [1.807, 2.05) is 0 Å². The van der Waals surface area contributed by atoms with Crippen molar-refractivity contribution in [3.05, 3.63) is 0 Å². The molecule has 3 N–H and O–H groups in total. The monoisotopic (exact) mass is 228 g/mol. The standard InChI is InChI=1S/C12H24N2O2/c1-2-10-5-3-4-6-11(10)14-7-8-16-9-12(13)15/h10-11,14H,2-9H2,1H3,(H2,13,15). The topological polar surface area (TPSA) is 64.3 Å². The molecular weight excluding hydrogens is 204 g/mol. The first-order valence-corrected chi connectivity index (χ1v) is 6.33. The van der Waals surface area contributed by atoms with Crippen molar-refractivity contribution in [1.82, 2.24) is 5.32 Å². The van der Waals surface area contributed by atoms with Crippen LogP contribution in [0.2, 0.25) is 0 Å². The van der Waals surface area contributed by atoms with E-state index in [1.54, 1.807) is 0 Å².